The molecule has 0 spiro atoms. The number of anilines is 2. The number of nitrogen functional groups attached to an aromatic ring is 1. The van der Waals surface area contributed by atoms with Crippen LogP contribution in [0.1, 0.15) is 19.3 Å². The minimum absolute atomic E-state index is 0.0309. The molecule has 1 aromatic carbocycles. The summed E-state index contributed by atoms with van der Waals surface area (Å²) >= 11 is 0. The van der Waals surface area contributed by atoms with Crippen molar-refractivity contribution >= 4 is 17.3 Å². The van der Waals surface area contributed by atoms with Crippen molar-refractivity contribution in [2.45, 2.75) is 25.3 Å². The predicted octanol–water partition coefficient (Wildman–Crippen LogP) is 1.62. The van der Waals surface area contributed by atoms with E-state index in [1.54, 1.807) is 6.07 Å². The number of amides is 1. The highest BCUT2D eigenvalue weighted by atomic mass is 16.1. The molecule has 1 aliphatic heterocycles. The van der Waals surface area contributed by atoms with Gasteiger partial charge in [0.15, 0.2) is 0 Å². The van der Waals surface area contributed by atoms with Gasteiger partial charge in [-0.05, 0) is 45.6 Å². The number of para-hydroxylation sites is 2. The fraction of sp³-hybridized carbons (Fsp3) is 0.562. The lowest BCUT2D eigenvalue weighted by atomic mass is 10.2. The lowest BCUT2D eigenvalue weighted by molar-refractivity contribution is -0.116. The molecule has 1 heterocycles. The highest BCUT2D eigenvalue weighted by Crippen LogP contribution is 2.19. The third kappa shape index (κ3) is 4.72. The van der Waals surface area contributed by atoms with Gasteiger partial charge in [-0.3, -0.25) is 9.69 Å². The molecule has 0 radical (unpaired) electrons. The van der Waals surface area contributed by atoms with Crippen LogP contribution in [0.2, 0.25) is 0 Å². The van der Waals surface area contributed by atoms with Crippen LogP contribution in [0, 0.1) is 0 Å². The molecule has 1 unspecified atom stereocenters. The normalized spacial score (nSPS) is 19.1. The first kappa shape index (κ1) is 15.8. The molecule has 3 N–H and O–H groups in total. The lowest BCUT2D eigenvalue weighted by Gasteiger charge is -2.26. The summed E-state index contributed by atoms with van der Waals surface area (Å²) in [7, 11) is 4.20. The van der Waals surface area contributed by atoms with E-state index < -0.39 is 0 Å². The molecule has 1 aromatic rings. The van der Waals surface area contributed by atoms with Crippen LogP contribution in [0.15, 0.2) is 24.3 Å². The summed E-state index contributed by atoms with van der Waals surface area (Å²) in [6.07, 6.45) is 2.97. The van der Waals surface area contributed by atoms with Crippen molar-refractivity contribution in [3.63, 3.8) is 0 Å². The van der Waals surface area contributed by atoms with Gasteiger partial charge in [0.25, 0.3) is 0 Å². The maximum atomic E-state index is 12.0. The van der Waals surface area contributed by atoms with E-state index in [0.29, 0.717) is 23.8 Å². The fourth-order valence-electron chi connectivity index (χ4n) is 2.89. The molecule has 1 aliphatic rings. The molecule has 1 fully saturated rings. The van der Waals surface area contributed by atoms with Gasteiger partial charge in [-0.15, -0.1) is 0 Å². The van der Waals surface area contributed by atoms with Gasteiger partial charge in [0.05, 0.1) is 11.4 Å². The van der Waals surface area contributed by atoms with Crippen molar-refractivity contribution in [2.75, 3.05) is 44.8 Å². The number of hydrogen-bond acceptors (Lipinski definition) is 4. The van der Waals surface area contributed by atoms with Crippen molar-refractivity contribution in [1.29, 1.82) is 0 Å². The molecule has 0 aromatic heterocycles. The van der Waals surface area contributed by atoms with Gasteiger partial charge in [-0.25, -0.2) is 0 Å². The molecule has 0 bridgehead atoms. The van der Waals surface area contributed by atoms with E-state index in [1.165, 1.54) is 12.8 Å². The van der Waals surface area contributed by atoms with Gasteiger partial charge in [-0.2, -0.15) is 0 Å². The largest absolute Gasteiger partial charge is 0.397 e. The summed E-state index contributed by atoms with van der Waals surface area (Å²) in [5.74, 6) is 0.0309. The molecule has 1 saturated heterocycles. The monoisotopic (exact) mass is 290 g/mol. The molecular formula is C16H26N4O. The minimum atomic E-state index is 0.0309. The van der Waals surface area contributed by atoms with Crippen molar-refractivity contribution in [2.24, 2.45) is 0 Å². The third-order valence-corrected chi connectivity index (χ3v) is 3.94. The second-order valence-electron chi connectivity index (χ2n) is 5.98. The summed E-state index contributed by atoms with van der Waals surface area (Å²) in [6.45, 7) is 2.98. The molecule has 21 heavy (non-hydrogen) atoms. The Labute approximate surface area is 127 Å². The zero-order valence-electron chi connectivity index (χ0n) is 13.0. The van der Waals surface area contributed by atoms with Gasteiger partial charge < -0.3 is 16.0 Å². The van der Waals surface area contributed by atoms with Crippen LogP contribution < -0.4 is 11.1 Å². The third-order valence-electron chi connectivity index (χ3n) is 3.94. The SMILES string of the molecule is CN(C)CC1CCCN1CCC(=O)Nc1ccccc1N. The van der Waals surface area contributed by atoms with Crippen molar-refractivity contribution in [1.82, 2.24) is 9.80 Å². The van der Waals surface area contributed by atoms with E-state index in [1.807, 2.05) is 18.2 Å². The number of nitrogens with one attached hydrogen (secondary N) is 1. The van der Waals surface area contributed by atoms with E-state index >= 15 is 0 Å². The van der Waals surface area contributed by atoms with E-state index in [-0.39, 0.29) is 5.91 Å². The van der Waals surface area contributed by atoms with Crippen LogP contribution in [0.25, 0.3) is 0 Å². The summed E-state index contributed by atoms with van der Waals surface area (Å²) in [6, 6.07) is 7.94. The zero-order chi connectivity index (χ0) is 15.2. The molecule has 5 heteroatoms. The highest BCUT2D eigenvalue weighted by molar-refractivity contribution is 5.93. The first-order chi connectivity index (χ1) is 10.1. The Morgan fingerprint density at radius 1 is 1.43 bits per heavy atom. The van der Waals surface area contributed by atoms with E-state index in [2.05, 4.69) is 29.2 Å². The minimum Gasteiger partial charge on any atom is -0.397 e. The van der Waals surface area contributed by atoms with Crippen LogP contribution >= 0.6 is 0 Å². The number of carbonyl (C=O) groups excluding carboxylic acids is 1. The van der Waals surface area contributed by atoms with Gasteiger partial charge in [0.1, 0.15) is 0 Å². The van der Waals surface area contributed by atoms with E-state index in [0.717, 1.165) is 19.6 Å². The number of rotatable bonds is 6. The van der Waals surface area contributed by atoms with Crippen molar-refractivity contribution in [3.05, 3.63) is 24.3 Å². The first-order valence-electron chi connectivity index (χ1n) is 7.59. The average Bonchev–Trinajstić information content (AvgIpc) is 2.85. The number of nitrogens with two attached hydrogens (primary N) is 1. The van der Waals surface area contributed by atoms with Crippen LogP contribution in [0.4, 0.5) is 11.4 Å². The zero-order valence-corrected chi connectivity index (χ0v) is 13.0. The molecule has 116 valence electrons. The Morgan fingerprint density at radius 2 is 2.19 bits per heavy atom. The summed E-state index contributed by atoms with van der Waals surface area (Å²) in [4.78, 5) is 16.7. The standard InChI is InChI=1S/C16H26N4O/c1-19(2)12-13-6-5-10-20(13)11-9-16(21)18-15-8-4-3-7-14(15)17/h3-4,7-8,13H,5-6,9-12,17H2,1-2H3,(H,18,21). The average molecular weight is 290 g/mol. The summed E-state index contributed by atoms with van der Waals surface area (Å²) < 4.78 is 0. The number of nitrogens with zero attached hydrogens (tertiary/aromatic N) is 2. The molecule has 1 amide bonds. The quantitative estimate of drug-likeness (QED) is 0.782. The maximum absolute atomic E-state index is 12.0. The molecule has 5 nitrogen and oxygen atoms in total. The van der Waals surface area contributed by atoms with Gasteiger partial charge in [0, 0.05) is 25.6 Å². The van der Waals surface area contributed by atoms with Crippen molar-refractivity contribution < 1.29 is 4.79 Å². The Bertz CT molecular complexity index is 475. The highest BCUT2D eigenvalue weighted by Gasteiger charge is 2.24. The van der Waals surface area contributed by atoms with E-state index in [4.69, 9.17) is 5.73 Å². The van der Waals surface area contributed by atoms with Crippen LogP contribution in [0.3, 0.4) is 0 Å². The lowest BCUT2D eigenvalue weighted by Crippen LogP contribution is -2.39. The van der Waals surface area contributed by atoms with Crippen molar-refractivity contribution in [3.8, 4) is 0 Å². The Balaban J connectivity index is 1.80. The van der Waals surface area contributed by atoms with Crippen LogP contribution in [0.5, 0.6) is 0 Å². The maximum Gasteiger partial charge on any atom is 0.225 e. The molecular weight excluding hydrogens is 264 g/mol. The predicted molar refractivity (Wildman–Crippen MR) is 87.3 cm³/mol. The summed E-state index contributed by atoms with van der Waals surface area (Å²) in [5.41, 5.74) is 7.14. The second kappa shape index (κ2) is 7.43. The topological polar surface area (TPSA) is 61.6 Å². The Kier molecular flexibility index (Phi) is 5.59. The first-order valence-corrected chi connectivity index (χ1v) is 7.59. The number of benzene rings is 1. The number of likely N-dealkylation sites (N-methyl/N-ethyl adjacent to an activating group) is 1. The molecule has 1 atom stereocenters. The van der Waals surface area contributed by atoms with Crippen LogP contribution in [-0.2, 0) is 4.79 Å². The molecule has 0 saturated carbocycles. The smallest absolute Gasteiger partial charge is 0.225 e. The second-order valence-corrected chi connectivity index (χ2v) is 5.98. The molecule has 2 rings (SSSR count). The van der Waals surface area contributed by atoms with E-state index in [9.17, 15) is 4.79 Å². The number of likely N-dealkylation sites (tertiary alicyclic amines) is 1. The number of carbonyl (C=O) groups is 1. The number of hydrogen-bond donors (Lipinski definition) is 2. The van der Waals surface area contributed by atoms with Gasteiger partial charge in [0.2, 0.25) is 5.91 Å². The van der Waals surface area contributed by atoms with Gasteiger partial charge in [-0.1, -0.05) is 12.1 Å². The Hall–Kier alpha value is -1.59. The molecule has 0 aliphatic carbocycles. The Morgan fingerprint density at radius 3 is 2.90 bits per heavy atom. The fourth-order valence-corrected chi connectivity index (χ4v) is 2.89. The van der Waals surface area contributed by atoms with Crippen LogP contribution in [-0.4, -0.2) is 55.5 Å². The van der Waals surface area contributed by atoms with Gasteiger partial charge >= 0.3 is 0 Å². The summed E-state index contributed by atoms with van der Waals surface area (Å²) in [5, 5.41) is 2.89.